The van der Waals surface area contributed by atoms with Crippen molar-refractivity contribution in [3.8, 4) is 6.01 Å². The number of nitrogens with one attached hydrogen (secondary N) is 2. The molecule has 4 atom stereocenters. The molecule has 3 aromatic rings. The SMILES string of the molecule is O[C@@H]1CO[C@H]2[C@@H]1OC[C@H]2Oc1nc2nc(NCc3ccnn3CC3CCCCC3)c(Cl)cc2[nH]1. The van der Waals surface area contributed by atoms with Crippen molar-refractivity contribution >= 4 is 28.6 Å². The van der Waals surface area contributed by atoms with Gasteiger partial charge in [0.25, 0.3) is 6.01 Å². The average Bonchev–Trinajstić information content (AvgIpc) is 3.61. The highest BCUT2D eigenvalue weighted by atomic mass is 35.5. The van der Waals surface area contributed by atoms with E-state index < -0.39 is 6.10 Å². The number of anilines is 1. The largest absolute Gasteiger partial charge is 0.456 e. The summed E-state index contributed by atoms with van der Waals surface area (Å²) in [6.07, 6.45) is 6.75. The third kappa shape index (κ3) is 4.35. The van der Waals surface area contributed by atoms with Gasteiger partial charge in [0.15, 0.2) is 11.8 Å². The number of hydrogen-bond donors (Lipinski definition) is 3. The van der Waals surface area contributed by atoms with Gasteiger partial charge in [0.2, 0.25) is 0 Å². The Morgan fingerprint density at radius 3 is 2.91 bits per heavy atom. The van der Waals surface area contributed by atoms with Gasteiger partial charge in [0.05, 0.1) is 36.0 Å². The van der Waals surface area contributed by atoms with Gasteiger partial charge in [-0.1, -0.05) is 30.9 Å². The molecule has 6 rings (SSSR count). The summed E-state index contributed by atoms with van der Waals surface area (Å²) >= 11 is 6.50. The van der Waals surface area contributed by atoms with Gasteiger partial charge >= 0.3 is 0 Å². The Hall–Kier alpha value is -2.40. The molecule has 3 aliphatic rings. The standard InChI is InChI=1S/C23H29ClN6O4/c24-15-8-16-22(29-23(27-16)34-18-12-33-19-17(31)11-32-20(18)19)28-21(15)25-9-14-6-7-26-30(14)10-13-4-2-1-3-5-13/h6-8,13,17-20,31H,1-5,9-12H2,(H2,25,27,28,29)/t17-,18-,19-,20-/m1/s1. The van der Waals surface area contributed by atoms with Crippen LogP contribution < -0.4 is 10.1 Å². The number of hydrogen-bond acceptors (Lipinski definition) is 8. The number of rotatable bonds is 7. The fourth-order valence-electron chi connectivity index (χ4n) is 5.23. The Bertz CT molecular complexity index is 1150. The normalized spacial score (nSPS) is 27.4. The van der Waals surface area contributed by atoms with Gasteiger partial charge in [-0.2, -0.15) is 10.1 Å². The summed E-state index contributed by atoms with van der Waals surface area (Å²) in [6, 6.07) is 4.14. The number of aromatic amines is 1. The van der Waals surface area contributed by atoms with E-state index in [0.717, 1.165) is 12.2 Å². The summed E-state index contributed by atoms with van der Waals surface area (Å²) in [4.78, 5) is 12.2. The average molecular weight is 489 g/mol. The van der Waals surface area contributed by atoms with E-state index in [1.54, 1.807) is 6.07 Å². The maximum Gasteiger partial charge on any atom is 0.296 e. The fraction of sp³-hybridized carbons (Fsp3) is 0.609. The molecule has 1 aliphatic carbocycles. The van der Waals surface area contributed by atoms with Crippen molar-refractivity contribution in [2.45, 2.75) is 69.6 Å². The second-order valence-electron chi connectivity index (χ2n) is 9.41. The molecule has 10 nitrogen and oxygen atoms in total. The summed E-state index contributed by atoms with van der Waals surface area (Å²) in [7, 11) is 0. The molecule has 2 aliphatic heterocycles. The molecule has 5 heterocycles. The van der Waals surface area contributed by atoms with Crippen LogP contribution in [0.25, 0.3) is 11.2 Å². The topological polar surface area (TPSA) is 119 Å². The molecule has 0 aromatic carbocycles. The van der Waals surface area contributed by atoms with Gasteiger partial charge in [-0.15, -0.1) is 0 Å². The number of fused-ring (bicyclic) bond motifs is 2. The minimum atomic E-state index is -0.623. The zero-order valence-electron chi connectivity index (χ0n) is 18.8. The monoisotopic (exact) mass is 488 g/mol. The van der Waals surface area contributed by atoms with Crippen molar-refractivity contribution in [2.24, 2.45) is 5.92 Å². The lowest BCUT2D eigenvalue weighted by Gasteiger charge is -2.22. The quantitative estimate of drug-likeness (QED) is 0.464. The van der Waals surface area contributed by atoms with E-state index in [1.807, 2.05) is 12.3 Å². The lowest BCUT2D eigenvalue weighted by Crippen LogP contribution is -2.34. The number of imidazole rings is 1. The summed E-state index contributed by atoms with van der Waals surface area (Å²) in [5.74, 6) is 1.26. The molecule has 0 spiro atoms. The lowest BCUT2D eigenvalue weighted by molar-refractivity contribution is 0.00706. The number of aliphatic hydroxyl groups excluding tert-OH is 1. The second-order valence-corrected chi connectivity index (χ2v) is 9.82. The third-order valence-electron chi connectivity index (χ3n) is 7.05. The van der Waals surface area contributed by atoms with E-state index in [0.29, 0.717) is 47.1 Å². The number of pyridine rings is 1. The zero-order chi connectivity index (χ0) is 23.1. The maximum absolute atomic E-state index is 9.91. The predicted octanol–water partition coefficient (Wildman–Crippen LogP) is 2.91. The van der Waals surface area contributed by atoms with Crippen LogP contribution in [0.15, 0.2) is 18.3 Å². The Balaban J connectivity index is 1.12. The fourth-order valence-corrected chi connectivity index (χ4v) is 5.45. The molecule has 1 saturated carbocycles. The lowest BCUT2D eigenvalue weighted by atomic mass is 9.89. The van der Waals surface area contributed by atoms with Gasteiger partial charge in [0.1, 0.15) is 24.1 Å². The van der Waals surface area contributed by atoms with E-state index in [-0.39, 0.29) is 24.9 Å². The van der Waals surface area contributed by atoms with Crippen molar-refractivity contribution in [1.82, 2.24) is 24.7 Å². The van der Waals surface area contributed by atoms with Crippen LogP contribution in [0.2, 0.25) is 5.02 Å². The van der Waals surface area contributed by atoms with Crippen molar-refractivity contribution < 1.29 is 19.3 Å². The van der Waals surface area contributed by atoms with Crippen LogP contribution in [0.4, 0.5) is 5.82 Å². The molecule has 182 valence electrons. The van der Waals surface area contributed by atoms with E-state index in [1.165, 1.54) is 32.1 Å². The van der Waals surface area contributed by atoms with Crippen LogP contribution in [0.5, 0.6) is 6.01 Å². The first-order valence-corrected chi connectivity index (χ1v) is 12.4. The molecular formula is C23H29ClN6O4. The Morgan fingerprint density at radius 1 is 1.18 bits per heavy atom. The molecule has 11 heteroatoms. The first-order chi connectivity index (χ1) is 16.6. The Morgan fingerprint density at radius 2 is 2.03 bits per heavy atom. The van der Waals surface area contributed by atoms with Gasteiger partial charge in [-0.3, -0.25) is 4.68 Å². The third-order valence-corrected chi connectivity index (χ3v) is 7.34. The Kier molecular flexibility index (Phi) is 6.06. The molecule has 0 unspecified atom stereocenters. The minimum absolute atomic E-state index is 0.251. The number of nitrogens with zero attached hydrogens (tertiary/aromatic N) is 4. The van der Waals surface area contributed by atoms with Crippen molar-refractivity contribution in [3.05, 3.63) is 29.0 Å². The molecule has 3 aromatic heterocycles. The molecule has 0 bridgehead atoms. The highest BCUT2D eigenvalue weighted by molar-refractivity contribution is 6.33. The van der Waals surface area contributed by atoms with Gasteiger partial charge in [-0.25, -0.2) is 4.98 Å². The molecule has 2 saturated heterocycles. The number of H-pyrrole nitrogens is 1. The number of ether oxygens (including phenoxy) is 3. The predicted molar refractivity (Wildman–Crippen MR) is 125 cm³/mol. The van der Waals surface area contributed by atoms with Crippen LogP contribution in [-0.4, -0.2) is 67.5 Å². The number of aromatic nitrogens is 5. The summed E-state index contributed by atoms with van der Waals surface area (Å²) in [6.45, 7) is 2.11. The first kappa shape index (κ1) is 22.1. The molecule has 34 heavy (non-hydrogen) atoms. The van der Waals surface area contributed by atoms with Crippen LogP contribution >= 0.6 is 11.6 Å². The highest BCUT2D eigenvalue weighted by Crippen LogP contribution is 2.31. The zero-order valence-corrected chi connectivity index (χ0v) is 19.6. The molecule has 0 amide bonds. The Labute approximate surface area is 202 Å². The van der Waals surface area contributed by atoms with Crippen molar-refractivity contribution in [2.75, 3.05) is 18.5 Å². The number of aliphatic hydroxyl groups is 1. The summed E-state index contributed by atoms with van der Waals surface area (Å²) in [5.41, 5.74) is 2.28. The van der Waals surface area contributed by atoms with Gasteiger partial charge in [0, 0.05) is 12.7 Å². The van der Waals surface area contributed by atoms with E-state index in [4.69, 9.17) is 25.8 Å². The van der Waals surface area contributed by atoms with Crippen molar-refractivity contribution in [3.63, 3.8) is 0 Å². The van der Waals surface area contributed by atoms with E-state index in [9.17, 15) is 5.11 Å². The smallest absolute Gasteiger partial charge is 0.296 e. The molecule has 3 N–H and O–H groups in total. The van der Waals surface area contributed by atoms with Gasteiger partial charge < -0.3 is 29.6 Å². The van der Waals surface area contributed by atoms with E-state index >= 15 is 0 Å². The van der Waals surface area contributed by atoms with Crippen LogP contribution in [0, 0.1) is 5.92 Å². The molecular weight excluding hydrogens is 460 g/mol. The van der Waals surface area contributed by atoms with Crippen molar-refractivity contribution in [1.29, 1.82) is 0 Å². The van der Waals surface area contributed by atoms with Crippen LogP contribution in [0.1, 0.15) is 37.8 Å². The maximum atomic E-state index is 9.91. The minimum Gasteiger partial charge on any atom is -0.456 e. The molecule has 3 fully saturated rings. The first-order valence-electron chi connectivity index (χ1n) is 12.0. The second kappa shape index (κ2) is 9.33. The van der Waals surface area contributed by atoms with E-state index in [2.05, 4.69) is 30.0 Å². The summed E-state index contributed by atoms with van der Waals surface area (Å²) in [5, 5.41) is 18.3. The van der Waals surface area contributed by atoms with Crippen LogP contribution in [-0.2, 0) is 22.6 Å². The highest BCUT2D eigenvalue weighted by Gasteiger charge is 2.48. The van der Waals surface area contributed by atoms with Crippen LogP contribution in [0.3, 0.4) is 0 Å². The number of halogens is 1. The van der Waals surface area contributed by atoms with Gasteiger partial charge in [-0.05, 0) is 30.9 Å². The molecule has 0 radical (unpaired) electrons. The summed E-state index contributed by atoms with van der Waals surface area (Å²) < 4.78 is 19.3.